The van der Waals surface area contributed by atoms with Crippen LogP contribution >= 0.6 is 0 Å². The van der Waals surface area contributed by atoms with Gasteiger partial charge in [-0.3, -0.25) is 9.59 Å². The van der Waals surface area contributed by atoms with Crippen molar-refractivity contribution >= 4 is 17.7 Å². The van der Waals surface area contributed by atoms with Crippen LogP contribution in [-0.2, 0) is 23.9 Å². The summed E-state index contributed by atoms with van der Waals surface area (Å²) in [4.78, 5) is 32.9. The SMILES string of the molecule is CCOC(=O)C(=O)CC(=O)NCCOC. The molecule has 0 unspecified atom stereocenters. The minimum Gasteiger partial charge on any atom is -0.460 e. The van der Waals surface area contributed by atoms with E-state index < -0.39 is 24.1 Å². The van der Waals surface area contributed by atoms with Gasteiger partial charge >= 0.3 is 5.97 Å². The van der Waals surface area contributed by atoms with Crippen LogP contribution < -0.4 is 5.32 Å². The third kappa shape index (κ3) is 6.62. The quantitative estimate of drug-likeness (QED) is 0.263. The molecule has 0 aliphatic carbocycles. The van der Waals surface area contributed by atoms with Gasteiger partial charge in [0, 0.05) is 13.7 Å². The van der Waals surface area contributed by atoms with Crippen LogP contribution in [-0.4, -0.2) is 44.5 Å². The lowest BCUT2D eigenvalue weighted by Crippen LogP contribution is -2.31. The van der Waals surface area contributed by atoms with Crippen LogP contribution in [0, 0.1) is 0 Å². The Morgan fingerprint density at radius 1 is 1.27 bits per heavy atom. The fourth-order valence-corrected chi connectivity index (χ4v) is 0.785. The van der Waals surface area contributed by atoms with Gasteiger partial charge in [-0.05, 0) is 6.92 Å². The number of amides is 1. The zero-order valence-corrected chi connectivity index (χ0v) is 8.87. The number of hydrogen-bond acceptors (Lipinski definition) is 5. The van der Waals surface area contributed by atoms with Crippen molar-refractivity contribution in [2.75, 3.05) is 26.9 Å². The Hall–Kier alpha value is -1.43. The predicted molar refractivity (Wildman–Crippen MR) is 51.1 cm³/mol. The molecule has 6 nitrogen and oxygen atoms in total. The molecule has 0 rings (SSSR count). The fraction of sp³-hybridized carbons (Fsp3) is 0.667. The summed E-state index contributed by atoms with van der Waals surface area (Å²) in [6.07, 6.45) is -0.484. The number of rotatable bonds is 7. The van der Waals surface area contributed by atoms with Crippen LogP contribution in [0.3, 0.4) is 0 Å². The second kappa shape index (κ2) is 7.93. The molecule has 0 aromatic carbocycles. The topological polar surface area (TPSA) is 81.7 Å². The van der Waals surface area contributed by atoms with Crippen LogP contribution in [0.2, 0.25) is 0 Å². The van der Waals surface area contributed by atoms with Gasteiger partial charge in [-0.15, -0.1) is 0 Å². The van der Waals surface area contributed by atoms with Gasteiger partial charge in [-0.1, -0.05) is 0 Å². The van der Waals surface area contributed by atoms with Crippen molar-refractivity contribution in [3.63, 3.8) is 0 Å². The largest absolute Gasteiger partial charge is 0.460 e. The highest BCUT2D eigenvalue weighted by Crippen LogP contribution is 1.88. The molecule has 0 saturated heterocycles. The van der Waals surface area contributed by atoms with E-state index in [1.54, 1.807) is 6.92 Å². The minimum absolute atomic E-state index is 0.121. The van der Waals surface area contributed by atoms with Crippen molar-refractivity contribution < 1.29 is 23.9 Å². The molecule has 0 atom stereocenters. The normalized spacial score (nSPS) is 9.47. The van der Waals surface area contributed by atoms with E-state index >= 15 is 0 Å². The molecule has 86 valence electrons. The Bertz CT molecular complexity index is 239. The second-order valence-corrected chi connectivity index (χ2v) is 2.66. The molecule has 0 saturated carbocycles. The van der Waals surface area contributed by atoms with E-state index in [1.807, 2.05) is 0 Å². The van der Waals surface area contributed by atoms with Gasteiger partial charge in [0.15, 0.2) is 0 Å². The first-order chi connectivity index (χ1) is 7.11. The zero-order chi connectivity index (χ0) is 11.7. The van der Waals surface area contributed by atoms with Crippen LogP contribution in [0.5, 0.6) is 0 Å². The number of ether oxygens (including phenoxy) is 2. The first-order valence-electron chi connectivity index (χ1n) is 4.57. The van der Waals surface area contributed by atoms with Gasteiger partial charge in [0.2, 0.25) is 11.7 Å². The van der Waals surface area contributed by atoms with Crippen LogP contribution in [0.25, 0.3) is 0 Å². The standard InChI is InChI=1S/C9H15NO5/c1-3-15-9(13)7(11)6-8(12)10-4-5-14-2/h3-6H2,1-2H3,(H,10,12). The Labute approximate surface area is 87.9 Å². The summed E-state index contributed by atoms with van der Waals surface area (Å²) >= 11 is 0. The van der Waals surface area contributed by atoms with E-state index in [4.69, 9.17) is 4.74 Å². The van der Waals surface area contributed by atoms with E-state index in [9.17, 15) is 14.4 Å². The Balaban J connectivity index is 3.76. The summed E-state index contributed by atoms with van der Waals surface area (Å²) in [5, 5.41) is 2.42. The van der Waals surface area contributed by atoms with Gasteiger partial charge in [0.05, 0.1) is 19.6 Å². The van der Waals surface area contributed by atoms with Crippen molar-refractivity contribution in [2.45, 2.75) is 13.3 Å². The molecular weight excluding hydrogens is 202 g/mol. The van der Waals surface area contributed by atoms with Gasteiger partial charge in [-0.2, -0.15) is 0 Å². The van der Waals surface area contributed by atoms with Crippen molar-refractivity contribution in [3.8, 4) is 0 Å². The third-order valence-electron chi connectivity index (χ3n) is 1.45. The maximum atomic E-state index is 11.0. The fourth-order valence-electron chi connectivity index (χ4n) is 0.785. The molecule has 0 aliphatic rings. The van der Waals surface area contributed by atoms with Crippen molar-refractivity contribution in [3.05, 3.63) is 0 Å². The number of nitrogens with one attached hydrogen (secondary N) is 1. The van der Waals surface area contributed by atoms with Gasteiger partial charge in [-0.25, -0.2) is 4.79 Å². The first kappa shape index (κ1) is 13.6. The zero-order valence-electron chi connectivity index (χ0n) is 8.87. The summed E-state index contributed by atoms with van der Waals surface area (Å²) in [5.41, 5.74) is 0. The van der Waals surface area contributed by atoms with Crippen molar-refractivity contribution in [2.24, 2.45) is 0 Å². The Morgan fingerprint density at radius 3 is 2.47 bits per heavy atom. The Morgan fingerprint density at radius 2 is 1.93 bits per heavy atom. The maximum absolute atomic E-state index is 11.0. The first-order valence-corrected chi connectivity index (χ1v) is 4.57. The minimum atomic E-state index is -0.973. The van der Waals surface area contributed by atoms with Crippen molar-refractivity contribution in [1.82, 2.24) is 5.32 Å². The molecule has 1 N–H and O–H groups in total. The lowest BCUT2D eigenvalue weighted by molar-refractivity contribution is -0.154. The van der Waals surface area contributed by atoms with Gasteiger partial charge in [0.25, 0.3) is 0 Å². The highest BCUT2D eigenvalue weighted by Gasteiger charge is 2.18. The molecule has 0 aliphatic heterocycles. The average molecular weight is 217 g/mol. The van der Waals surface area contributed by atoms with Gasteiger partial charge in [0.1, 0.15) is 0 Å². The molecule has 0 bridgehead atoms. The predicted octanol–water partition coefficient (Wildman–Crippen LogP) is -0.729. The molecular formula is C9H15NO5. The number of ketones is 1. The second-order valence-electron chi connectivity index (χ2n) is 2.66. The third-order valence-corrected chi connectivity index (χ3v) is 1.45. The van der Waals surface area contributed by atoms with E-state index in [2.05, 4.69) is 10.1 Å². The average Bonchev–Trinajstić information content (AvgIpc) is 2.18. The summed E-state index contributed by atoms with van der Waals surface area (Å²) in [6, 6.07) is 0. The molecule has 0 heterocycles. The van der Waals surface area contributed by atoms with Crippen LogP contribution in [0.15, 0.2) is 0 Å². The highest BCUT2D eigenvalue weighted by atomic mass is 16.5. The lowest BCUT2D eigenvalue weighted by Gasteiger charge is -2.03. The Kier molecular flexibility index (Phi) is 7.17. The molecule has 0 spiro atoms. The molecule has 0 fully saturated rings. The molecule has 0 radical (unpaired) electrons. The van der Waals surface area contributed by atoms with E-state index in [0.29, 0.717) is 13.2 Å². The smallest absolute Gasteiger partial charge is 0.375 e. The lowest BCUT2D eigenvalue weighted by atomic mass is 10.3. The number of methoxy groups -OCH3 is 1. The summed E-state index contributed by atoms with van der Waals surface area (Å²) in [6.45, 7) is 2.38. The van der Waals surface area contributed by atoms with Crippen LogP contribution in [0.1, 0.15) is 13.3 Å². The molecule has 6 heteroatoms. The number of esters is 1. The number of carbonyl (C=O) groups is 3. The van der Waals surface area contributed by atoms with Crippen molar-refractivity contribution in [1.29, 1.82) is 0 Å². The maximum Gasteiger partial charge on any atom is 0.375 e. The number of carbonyl (C=O) groups excluding carboxylic acids is 3. The summed E-state index contributed by atoms with van der Waals surface area (Å²) < 4.78 is 9.13. The molecule has 0 aromatic heterocycles. The number of Topliss-reactive ketones (excluding diaryl/α,β-unsaturated/α-hetero) is 1. The number of hydrogen-bond donors (Lipinski definition) is 1. The molecule has 1 amide bonds. The van der Waals surface area contributed by atoms with Gasteiger partial charge < -0.3 is 14.8 Å². The monoisotopic (exact) mass is 217 g/mol. The molecule has 0 aromatic rings. The highest BCUT2D eigenvalue weighted by molar-refractivity contribution is 6.36. The molecule has 15 heavy (non-hydrogen) atoms. The van der Waals surface area contributed by atoms with E-state index in [-0.39, 0.29) is 6.61 Å². The summed E-state index contributed by atoms with van der Waals surface area (Å²) in [5.74, 6) is -2.32. The van der Waals surface area contributed by atoms with E-state index in [0.717, 1.165) is 0 Å². The van der Waals surface area contributed by atoms with E-state index in [1.165, 1.54) is 7.11 Å². The van der Waals surface area contributed by atoms with Crippen LogP contribution in [0.4, 0.5) is 0 Å². The summed E-state index contributed by atoms with van der Waals surface area (Å²) in [7, 11) is 1.50.